The number of hydrogen-bond acceptors (Lipinski definition) is 2. The Hall–Kier alpha value is -0.500. The van der Waals surface area contributed by atoms with Crippen LogP contribution in [0.15, 0.2) is 12.3 Å². The first kappa shape index (κ1) is 5.30. The summed E-state index contributed by atoms with van der Waals surface area (Å²) in [6.45, 7) is 1.12. The van der Waals surface area contributed by atoms with Gasteiger partial charge in [0.05, 0.1) is 6.17 Å². The van der Waals surface area contributed by atoms with Crippen molar-refractivity contribution >= 4 is 0 Å². The largest absolute Gasteiger partial charge is 0.375 e. The average Bonchev–Trinajstić information content (AvgIpc) is 2.33. The van der Waals surface area contributed by atoms with E-state index in [2.05, 4.69) is 23.1 Å². The van der Waals surface area contributed by atoms with Crippen molar-refractivity contribution in [2.24, 2.45) is 5.92 Å². The molecule has 0 bridgehead atoms. The summed E-state index contributed by atoms with van der Waals surface area (Å²) in [5.74, 6) is 0.638. The van der Waals surface area contributed by atoms with Gasteiger partial charge < -0.3 is 5.32 Å². The number of fused-ring (bicyclic) bond motifs is 1. The van der Waals surface area contributed by atoms with Crippen LogP contribution in [0.25, 0.3) is 0 Å². The molecule has 9 heavy (non-hydrogen) atoms. The smallest absolute Gasteiger partial charge is 0.0830 e. The molecule has 1 radical (unpaired) electrons. The highest BCUT2D eigenvalue weighted by Crippen LogP contribution is 2.18. The summed E-state index contributed by atoms with van der Waals surface area (Å²) >= 11 is 0. The second-order valence-corrected chi connectivity index (χ2v) is 2.56. The molecule has 1 fully saturated rings. The zero-order valence-electron chi connectivity index (χ0n) is 5.30. The van der Waals surface area contributed by atoms with E-state index >= 15 is 0 Å². The molecular formula is C7H11N2. The summed E-state index contributed by atoms with van der Waals surface area (Å²) in [7, 11) is 0. The molecule has 0 aromatic heterocycles. The Labute approximate surface area is 55.3 Å². The van der Waals surface area contributed by atoms with Crippen LogP contribution in [0.2, 0.25) is 0 Å². The van der Waals surface area contributed by atoms with Crippen molar-refractivity contribution in [1.29, 1.82) is 0 Å². The molecule has 2 atom stereocenters. The fraction of sp³-hybridized carbons (Fsp3) is 0.571. The summed E-state index contributed by atoms with van der Waals surface area (Å²) in [5, 5.41) is 6.61. The van der Waals surface area contributed by atoms with Crippen molar-refractivity contribution in [3.8, 4) is 0 Å². The lowest BCUT2D eigenvalue weighted by Gasteiger charge is -2.25. The number of rotatable bonds is 0. The van der Waals surface area contributed by atoms with Crippen molar-refractivity contribution < 1.29 is 0 Å². The molecule has 1 saturated heterocycles. The molecule has 2 aliphatic heterocycles. The molecule has 0 amide bonds. The SMILES string of the molecule is [CH]1CCNC2NC=CC12. The molecule has 49 valence electrons. The standard InChI is InChI=1S/C7H11N2/c1-2-6-3-5-9-7(6)8-4-1/h2-3,5-9H,1,4H2. The molecule has 0 aromatic carbocycles. The zero-order valence-corrected chi connectivity index (χ0v) is 5.30. The van der Waals surface area contributed by atoms with Crippen molar-refractivity contribution in [3.63, 3.8) is 0 Å². The first-order valence-electron chi connectivity index (χ1n) is 3.46. The Kier molecular flexibility index (Phi) is 1.19. The minimum atomic E-state index is 0.499. The van der Waals surface area contributed by atoms with Crippen molar-refractivity contribution in [2.75, 3.05) is 6.54 Å². The third-order valence-electron chi connectivity index (χ3n) is 1.93. The van der Waals surface area contributed by atoms with Gasteiger partial charge in [-0.25, -0.2) is 0 Å². The second kappa shape index (κ2) is 2.03. The minimum Gasteiger partial charge on any atom is -0.375 e. The maximum Gasteiger partial charge on any atom is 0.0830 e. The van der Waals surface area contributed by atoms with E-state index in [0.717, 1.165) is 6.54 Å². The van der Waals surface area contributed by atoms with Crippen LogP contribution in [0.3, 0.4) is 0 Å². The lowest BCUT2D eigenvalue weighted by molar-refractivity contribution is 0.384. The molecule has 0 spiro atoms. The maximum atomic E-state index is 3.38. The zero-order chi connectivity index (χ0) is 6.10. The van der Waals surface area contributed by atoms with Gasteiger partial charge in [-0.15, -0.1) is 0 Å². The van der Waals surface area contributed by atoms with Crippen molar-refractivity contribution in [1.82, 2.24) is 10.6 Å². The lowest BCUT2D eigenvalue weighted by atomic mass is 9.98. The van der Waals surface area contributed by atoms with Gasteiger partial charge >= 0.3 is 0 Å². The molecule has 2 aliphatic rings. The Morgan fingerprint density at radius 3 is 3.33 bits per heavy atom. The molecular weight excluding hydrogens is 112 g/mol. The van der Waals surface area contributed by atoms with Crippen LogP contribution >= 0.6 is 0 Å². The highest BCUT2D eigenvalue weighted by Gasteiger charge is 2.24. The fourth-order valence-electron chi connectivity index (χ4n) is 1.42. The van der Waals surface area contributed by atoms with Gasteiger partial charge in [0.25, 0.3) is 0 Å². The topological polar surface area (TPSA) is 24.1 Å². The third-order valence-corrected chi connectivity index (χ3v) is 1.93. The first-order valence-corrected chi connectivity index (χ1v) is 3.46. The van der Waals surface area contributed by atoms with Crippen LogP contribution in [-0.2, 0) is 0 Å². The summed E-state index contributed by atoms with van der Waals surface area (Å²) in [4.78, 5) is 0. The van der Waals surface area contributed by atoms with Crippen LogP contribution < -0.4 is 10.6 Å². The van der Waals surface area contributed by atoms with E-state index in [4.69, 9.17) is 0 Å². The van der Waals surface area contributed by atoms with E-state index in [1.165, 1.54) is 6.42 Å². The normalized spacial score (nSPS) is 40.0. The highest BCUT2D eigenvalue weighted by atomic mass is 15.1. The van der Waals surface area contributed by atoms with Gasteiger partial charge in [-0.3, -0.25) is 5.32 Å². The van der Waals surface area contributed by atoms with Crippen molar-refractivity contribution in [2.45, 2.75) is 12.6 Å². The molecule has 2 N–H and O–H groups in total. The Balaban J connectivity index is 2.03. The van der Waals surface area contributed by atoms with Gasteiger partial charge in [-0.05, 0) is 25.6 Å². The van der Waals surface area contributed by atoms with E-state index in [0.29, 0.717) is 12.1 Å². The molecule has 2 heteroatoms. The quantitative estimate of drug-likeness (QED) is 0.482. The third kappa shape index (κ3) is 0.833. The molecule has 2 heterocycles. The van der Waals surface area contributed by atoms with Gasteiger partial charge in [0.2, 0.25) is 0 Å². The van der Waals surface area contributed by atoms with E-state index in [-0.39, 0.29) is 0 Å². The average molecular weight is 123 g/mol. The number of piperidine rings is 1. The molecule has 0 aliphatic carbocycles. The minimum absolute atomic E-state index is 0.499. The Morgan fingerprint density at radius 2 is 2.44 bits per heavy atom. The van der Waals surface area contributed by atoms with Gasteiger partial charge in [0, 0.05) is 5.92 Å². The summed E-state index contributed by atoms with van der Waals surface area (Å²) < 4.78 is 0. The van der Waals surface area contributed by atoms with E-state index in [1.54, 1.807) is 0 Å². The molecule has 0 saturated carbocycles. The maximum absolute atomic E-state index is 3.38. The monoisotopic (exact) mass is 123 g/mol. The van der Waals surface area contributed by atoms with Gasteiger partial charge in [-0.1, -0.05) is 6.08 Å². The number of hydrogen-bond donors (Lipinski definition) is 2. The summed E-state index contributed by atoms with van der Waals surface area (Å²) in [6, 6.07) is 0. The predicted octanol–water partition coefficient (Wildman–Crippen LogP) is 0.243. The molecule has 0 aromatic rings. The Bertz CT molecular complexity index is 131. The van der Waals surface area contributed by atoms with Crippen LogP contribution in [0.1, 0.15) is 6.42 Å². The Morgan fingerprint density at radius 1 is 1.44 bits per heavy atom. The molecule has 2 unspecified atom stereocenters. The predicted molar refractivity (Wildman–Crippen MR) is 36.5 cm³/mol. The van der Waals surface area contributed by atoms with E-state index < -0.39 is 0 Å². The van der Waals surface area contributed by atoms with Crippen LogP contribution in [-0.4, -0.2) is 12.7 Å². The number of nitrogens with one attached hydrogen (secondary N) is 2. The summed E-state index contributed by atoms with van der Waals surface area (Å²) in [5.41, 5.74) is 0. The molecule has 2 rings (SSSR count). The van der Waals surface area contributed by atoms with E-state index in [9.17, 15) is 0 Å². The van der Waals surface area contributed by atoms with Crippen LogP contribution in [0.4, 0.5) is 0 Å². The van der Waals surface area contributed by atoms with Gasteiger partial charge in [-0.2, -0.15) is 0 Å². The lowest BCUT2D eigenvalue weighted by Crippen LogP contribution is -2.45. The van der Waals surface area contributed by atoms with Crippen LogP contribution in [0, 0.1) is 12.3 Å². The fourth-order valence-corrected chi connectivity index (χ4v) is 1.42. The molecule has 2 nitrogen and oxygen atoms in total. The second-order valence-electron chi connectivity index (χ2n) is 2.56. The van der Waals surface area contributed by atoms with Crippen LogP contribution in [0.5, 0.6) is 0 Å². The van der Waals surface area contributed by atoms with Crippen molar-refractivity contribution in [3.05, 3.63) is 18.7 Å². The van der Waals surface area contributed by atoms with E-state index in [1.807, 2.05) is 6.20 Å². The van der Waals surface area contributed by atoms with Gasteiger partial charge in [0.15, 0.2) is 0 Å². The highest BCUT2D eigenvalue weighted by molar-refractivity contribution is 5.09. The first-order chi connectivity index (χ1) is 4.47. The van der Waals surface area contributed by atoms with Gasteiger partial charge in [0.1, 0.15) is 0 Å². The summed E-state index contributed by atoms with van der Waals surface area (Å²) in [6.07, 6.45) is 8.30.